The zero-order chi connectivity index (χ0) is 8.36. The van der Waals surface area contributed by atoms with Gasteiger partial charge in [0.1, 0.15) is 0 Å². The molecule has 0 atom stereocenters. The molecule has 1 aromatic rings. The molecule has 0 amide bonds. The van der Waals surface area contributed by atoms with Gasteiger partial charge >= 0.3 is 19.5 Å². The number of hydrogen-bond donors (Lipinski definition) is 0. The molecule has 0 aromatic heterocycles. The summed E-state index contributed by atoms with van der Waals surface area (Å²) in [4.78, 5) is 9.06. The van der Waals surface area contributed by atoms with Crippen LogP contribution in [0.1, 0.15) is 6.92 Å². The number of carbonyl (C=O) groups excluding carboxylic acids is 1. The van der Waals surface area contributed by atoms with Crippen molar-refractivity contribution in [1.29, 1.82) is 0 Å². The van der Waals surface area contributed by atoms with Crippen LogP contribution in [0.5, 0.6) is 0 Å². The first-order chi connectivity index (χ1) is 5.41. The van der Waals surface area contributed by atoms with E-state index in [-0.39, 0.29) is 36.5 Å². The molecule has 0 aliphatic rings. The molecule has 4 heteroatoms. The Hall–Kier alpha value is -0.207. The number of rotatable bonds is 2. The minimum Gasteiger partial charge on any atom is -0.653 e. The molecule has 2 nitrogen and oxygen atoms in total. The first kappa shape index (κ1) is 18.6. The van der Waals surface area contributed by atoms with Gasteiger partial charge in [-0.2, -0.15) is 36.4 Å². The van der Waals surface area contributed by atoms with Gasteiger partial charge in [0.25, 0.3) is 0 Å². The first-order valence-corrected chi connectivity index (χ1v) is 3.31. The molecule has 0 unspecified atom stereocenters. The Morgan fingerprint density at radius 2 is 1.85 bits per heavy atom. The Labute approximate surface area is 102 Å². The largest absolute Gasteiger partial charge is 2.00 e. The quantitative estimate of drug-likeness (QED) is 0.617. The molecule has 0 aliphatic carbocycles. The van der Waals surface area contributed by atoms with E-state index >= 15 is 0 Å². The minimum atomic E-state index is 0. The fraction of sp³-hybridized carbons (Fsp3) is 0.222. The Morgan fingerprint density at radius 3 is 1.92 bits per heavy atom. The van der Waals surface area contributed by atoms with E-state index in [0.29, 0.717) is 6.61 Å². The van der Waals surface area contributed by atoms with Crippen molar-refractivity contribution in [3.63, 3.8) is 0 Å². The van der Waals surface area contributed by atoms with Gasteiger partial charge in [-0.05, 0) is 6.92 Å². The van der Waals surface area contributed by atoms with Crippen LogP contribution in [0.3, 0.4) is 0 Å². The van der Waals surface area contributed by atoms with Gasteiger partial charge in [-0.15, -0.1) is 17.0 Å². The van der Waals surface area contributed by atoms with Crippen LogP contribution in [0.2, 0.25) is 0 Å². The van der Waals surface area contributed by atoms with Crippen LogP contribution >= 0.6 is 17.0 Å². The molecule has 0 saturated carbocycles. The fourth-order valence-electron chi connectivity index (χ4n) is 0.401. The third kappa shape index (κ3) is 18.6. The molecule has 0 N–H and O–H groups in total. The summed E-state index contributed by atoms with van der Waals surface area (Å²) in [7, 11) is 0. The van der Waals surface area contributed by atoms with E-state index < -0.39 is 0 Å². The zero-order valence-electron chi connectivity index (χ0n) is 7.53. The van der Waals surface area contributed by atoms with E-state index in [1.807, 2.05) is 30.3 Å². The normalized spacial score (nSPS) is 6.23. The standard InChI is InChI=1S/C6H5.C3H5O2.BrH.Zn/c1-2-4-6-5-3-1;1-2-5-3-4;;/h1-5H;2H2,1H3;1H;/q2*-1;;+2. The van der Waals surface area contributed by atoms with Crippen molar-refractivity contribution in [3.8, 4) is 0 Å². The van der Waals surface area contributed by atoms with Crippen LogP contribution in [0.15, 0.2) is 30.3 Å². The number of hydrogen-bond acceptors (Lipinski definition) is 2. The second-order valence-corrected chi connectivity index (χ2v) is 1.59. The maximum absolute atomic E-state index is 9.06. The van der Waals surface area contributed by atoms with Crippen molar-refractivity contribution >= 4 is 23.5 Å². The average Bonchev–Trinajstić information content (AvgIpc) is 2.10. The molecular formula is C9H11BrO2Zn. The summed E-state index contributed by atoms with van der Waals surface area (Å²) in [5, 5.41) is 0. The maximum Gasteiger partial charge on any atom is 2.00 e. The summed E-state index contributed by atoms with van der Waals surface area (Å²) in [6, 6.07) is 12.5. The fourth-order valence-corrected chi connectivity index (χ4v) is 0.401. The van der Waals surface area contributed by atoms with Crippen LogP contribution in [0, 0.1) is 6.07 Å². The number of benzene rings is 1. The second kappa shape index (κ2) is 17.8. The molecule has 68 valence electrons. The molecule has 0 fully saturated rings. The summed E-state index contributed by atoms with van der Waals surface area (Å²) < 4.78 is 4.03. The average molecular weight is 296 g/mol. The van der Waals surface area contributed by atoms with E-state index in [4.69, 9.17) is 4.79 Å². The number of halogens is 1. The van der Waals surface area contributed by atoms with Gasteiger partial charge in [0, 0.05) is 6.61 Å². The van der Waals surface area contributed by atoms with E-state index in [0.717, 1.165) is 0 Å². The molecule has 0 bridgehead atoms. The first-order valence-electron chi connectivity index (χ1n) is 3.31. The Balaban J connectivity index is -0.000000136. The van der Waals surface area contributed by atoms with E-state index in [1.165, 1.54) is 6.47 Å². The van der Waals surface area contributed by atoms with Gasteiger partial charge in [-0.1, -0.05) is 6.47 Å². The topological polar surface area (TPSA) is 26.3 Å². The van der Waals surface area contributed by atoms with Crippen molar-refractivity contribution in [2.24, 2.45) is 0 Å². The van der Waals surface area contributed by atoms with Crippen molar-refractivity contribution in [2.75, 3.05) is 6.61 Å². The van der Waals surface area contributed by atoms with Crippen LogP contribution in [0.4, 0.5) is 0 Å². The van der Waals surface area contributed by atoms with E-state index in [1.54, 1.807) is 6.92 Å². The SMILES string of the molecule is Br.CCO[C-]=O.[Zn+2].[c-]1ccccc1. The Kier molecular flexibility index (Phi) is 25.4. The predicted molar refractivity (Wildman–Crippen MR) is 52.9 cm³/mol. The molecule has 0 saturated heterocycles. The predicted octanol–water partition coefficient (Wildman–Crippen LogP) is 2.15. The summed E-state index contributed by atoms with van der Waals surface area (Å²) in [5.41, 5.74) is 0. The van der Waals surface area contributed by atoms with Crippen molar-refractivity contribution in [3.05, 3.63) is 36.4 Å². The summed E-state index contributed by atoms with van der Waals surface area (Å²) >= 11 is 0. The Bertz CT molecular complexity index is 144. The van der Waals surface area contributed by atoms with Crippen LogP contribution in [-0.2, 0) is 29.0 Å². The van der Waals surface area contributed by atoms with Crippen LogP contribution in [-0.4, -0.2) is 13.1 Å². The monoisotopic (exact) mass is 294 g/mol. The molecule has 0 aliphatic heterocycles. The molecule has 0 radical (unpaired) electrons. The minimum absolute atomic E-state index is 0. The molecular weight excluding hydrogens is 285 g/mol. The van der Waals surface area contributed by atoms with Crippen molar-refractivity contribution in [1.82, 2.24) is 0 Å². The zero-order valence-corrected chi connectivity index (χ0v) is 12.2. The molecule has 1 rings (SSSR count). The molecule has 0 spiro atoms. The third-order valence-corrected chi connectivity index (χ3v) is 0.810. The van der Waals surface area contributed by atoms with Crippen molar-refractivity contribution < 1.29 is 29.0 Å². The number of ether oxygens (including phenoxy) is 1. The summed E-state index contributed by atoms with van der Waals surface area (Å²) in [6.45, 7) is 3.41. The van der Waals surface area contributed by atoms with Crippen LogP contribution in [0.25, 0.3) is 0 Å². The summed E-state index contributed by atoms with van der Waals surface area (Å²) in [6.07, 6.45) is 0. The third-order valence-electron chi connectivity index (χ3n) is 0.810. The second-order valence-electron chi connectivity index (χ2n) is 1.59. The smallest absolute Gasteiger partial charge is 0.653 e. The molecule has 0 heterocycles. The maximum atomic E-state index is 9.06. The van der Waals surface area contributed by atoms with Crippen LogP contribution < -0.4 is 0 Å². The van der Waals surface area contributed by atoms with Gasteiger partial charge < -0.3 is 9.53 Å². The van der Waals surface area contributed by atoms with Gasteiger partial charge in [-0.25, -0.2) is 0 Å². The van der Waals surface area contributed by atoms with Gasteiger partial charge in [0.05, 0.1) is 0 Å². The van der Waals surface area contributed by atoms with E-state index in [9.17, 15) is 0 Å². The van der Waals surface area contributed by atoms with Gasteiger partial charge in [0.15, 0.2) is 0 Å². The van der Waals surface area contributed by atoms with Crippen molar-refractivity contribution in [2.45, 2.75) is 6.92 Å². The Morgan fingerprint density at radius 1 is 1.31 bits per heavy atom. The van der Waals surface area contributed by atoms with E-state index in [2.05, 4.69) is 10.8 Å². The van der Waals surface area contributed by atoms with Gasteiger partial charge in [0.2, 0.25) is 0 Å². The molecule has 1 aromatic carbocycles. The summed E-state index contributed by atoms with van der Waals surface area (Å²) in [5.74, 6) is 0. The molecule has 13 heavy (non-hydrogen) atoms. The van der Waals surface area contributed by atoms with Gasteiger partial charge in [-0.3, -0.25) is 0 Å².